The van der Waals surface area contributed by atoms with Crippen molar-refractivity contribution in [2.75, 3.05) is 9.80 Å². The SMILES string of the molecule is Cc1cccc2c1N(c1ccccc1)c1c(C)cc(C)c3c1B2c1cccc(C)c1N3c1ccccc1. The van der Waals surface area contributed by atoms with E-state index in [1.54, 1.807) is 0 Å². The zero-order valence-electron chi connectivity index (χ0n) is 21.8. The lowest BCUT2D eigenvalue weighted by atomic mass is 9.33. The van der Waals surface area contributed by atoms with Gasteiger partial charge in [0.15, 0.2) is 0 Å². The summed E-state index contributed by atoms with van der Waals surface area (Å²) in [6.07, 6.45) is 0. The van der Waals surface area contributed by atoms with E-state index in [2.05, 4.69) is 141 Å². The van der Waals surface area contributed by atoms with Crippen LogP contribution in [-0.2, 0) is 0 Å². The maximum Gasteiger partial charge on any atom is 0.252 e. The molecule has 178 valence electrons. The Morgan fingerprint density at radius 2 is 0.865 bits per heavy atom. The van der Waals surface area contributed by atoms with Crippen LogP contribution in [0.5, 0.6) is 0 Å². The van der Waals surface area contributed by atoms with Gasteiger partial charge in [-0.1, -0.05) is 78.9 Å². The van der Waals surface area contributed by atoms with Crippen molar-refractivity contribution in [1.29, 1.82) is 0 Å². The van der Waals surface area contributed by atoms with E-state index in [1.165, 1.54) is 72.8 Å². The second kappa shape index (κ2) is 8.14. The van der Waals surface area contributed by atoms with E-state index in [-0.39, 0.29) is 6.71 Å². The third-order valence-electron chi connectivity index (χ3n) is 8.06. The molecule has 2 nitrogen and oxygen atoms in total. The van der Waals surface area contributed by atoms with Gasteiger partial charge in [-0.2, -0.15) is 0 Å². The average Bonchev–Trinajstić information content (AvgIpc) is 2.92. The van der Waals surface area contributed by atoms with Gasteiger partial charge in [-0.25, -0.2) is 0 Å². The molecule has 0 radical (unpaired) electrons. The first kappa shape index (κ1) is 22.0. The lowest BCUT2D eigenvalue weighted by Gasteiger charge is -2.46. The van der Waals surface area contributed by atoms with Crippen LogP contribution in [0.4, 0.5) is 34.1 Å². The maximum atomic E-state index is 2.51. The van der Waals surface area contributed by atoms with Crippen LogP contribution in [0, 0.1) is 27.7 Å². The van der Waals surface area contributed by atoms with Gasteiger partial charge in [-0.05, 0) is 90.6 Å². The van der Waals surface area contributed by atoms with Gasteiger partial charge >= 0.3 is 0 Å². The summed E-state index contributed by atoms with van der Waals surface area (Å²) in [6, 6.07) is 37.7. The van der Waals surface area contributed by atoms with Gasteiger partial charge in [-0.15, -0.1) is 0 Å². The molecule has 0 aliphatic carbocycles. The predicted octanol–water partition coefficient (Wildman–Crippen LogP) is 7.00. The zero-order valence-corrected chi connectivity index (χ0v) is 21.8. The van der Waals surface area contributed by atoms with Gasteiger partial charge in [-0.3, -0.25) is 0 Å². The second-order valence-electron chi connectivity index (χ2n) is 10.4. The Labute approximate surface area is 219 Å². The molecule has 0 unspecified atom stereocenters. The topological polar surface area (TPSA) is 6.48 Å². The Bertz CT molecular complexity index is 1550. The summed E-state index contributed by atoms with van der Waals surface area (Å²) in [4.78, 5) is 5.03. The number of benzene rings is 5. The fraction of sp³-hybridized carbons (Fsp3) is 0.118. The second-order valence-corrected chi connectivity index (χ2v) is 10.4. The highest BCUT2D eigenvalue weighted by atomic mass is 15.2. The first-order valence-electron chi connectivity index (χ1n) is 13.1. The van der Waals surface area contributed by atoms with E-state index in [4.69, 9.17) is 0 Å². The van der Waals surface area contributed by atoms with Crippen LogP contribution < -0.4 is 26.2 Å². The largest absolute Gasteiger partial charge is 0.311 e. The number of aryl methyl sites for hydroxylation is 4. The summed E-state index contributed by atoms with van der Waals surface area (Å²) in [5.41, 5.74) is 17.0. The van der Waals surface area contributed by atoms with E-state index >= 15 is 0 Å². The summed E-state index contributed by atoms with van der Waals surface area (Å²) in [5.74, 6) is 0. The normalized spacial score (nSPS) is 13.2. The molecule has 0 saturated heterocycles. The van der Waals surface area contributed by atoms with Crippen molar-refractivity contribution in [3.05, 3.63) is 125 Å². The van der Waals surface area contributed by atoms with Crippen LogP contribution in [-0.4, -0.2) is 6.71 Å². The molecule has 0 aromatic heterocycles. The van der Waals surface area contributed by atoms with Gasteiger partial charge < -0.3 is 9.80 Å². The first-order valence-corrected chi connectivity index (χ1v) is 13.1. The lowest BCUT2D eigenvalue weighted by molar-refractivity contribution is 1.19. The third-order valence-corrected chi connectivity index (χ3v) is 8.06. The maximum absolute atomic E-state index is 2.51. The molecule has 0 spiro atoms. The highest BCUT2D eigenvalue weighted by molar-refractivity contribution is 7.00. The van der Waals surface area contributed by atoms with Crippen molar-refractivity contribution < 1.29 is 0 Å². The van der Waals surface area contributed by atoms with E-state index in [9.17, 15) is 0 Å². The van der Waals surface area contributed by atoms with E-state index in [1.807, 2.05) is 0 Å². The third kappa shape index (κ3) is 3.07. The minimum Gasteiger partial charge on any atom is -0.311 e. The molecule has 0 N–H and O–H groups in total. The Morgan fingerprint density at radius 3 is 1.30 bits per heavy atom. The van der Waals surface area contributed by atoms with Crippen LogP contribution in [0.3, 0.4) is 0 Å². The van der Waals surface area contributed by atoms with Crippen LogP contribution in [0.15, 0.2) is 103 Å². The van der Waals surface area contributed by atoms with Crippen LogP contribution >= 0.6 is 0 Å². The number of anilines is 6. The number of hydrogen-bond donors (Lipinski definition) is 0. The quantitative estimate of drug-likeness (QED) is 0.248. The molecule has 2 heterocycles. The molecular weight excluding hydrogens is 447 g/mol. The summed E-state index contributed by atoms with van der Waals surface area (Å²) in [6.45, 7) is 9.23. The molecule has 5 aromatic rings. The van der Waals surface area contributed by atoms with Crippen molar-refractivity contribution in [3.63, 3.8) is 0 Å². The summed E-state index contributed by atoms with van der Waals surface area (Å²) in [5, 5.41) is 0. The molecule has 37 heavy (non-hydrogen) atoms. The molecule has 0 fully saturated rings. The molecule has 0 bridgehead atoms. The smallest absolute Gasteiger partial charge is 0.252 e. The molecule has 7 rings (SSSR count). The molecule has 0 saturated carbocycles. The number of nitrogens with zero attached hydrogens (tertiary/aromatic N) is 2. The van der Waals surface area contributed by atoms with Gasteiger partial charge in [0.1, 0.15) is 0 Å². The highest BCUT2D eigenvalue weighted by Crippen LogP contribution is 2.47. The molecular formula is C34H29BN2. The fourth-order valence-electron chi connectivity index (χ4n) is 6.68. The van der Waals surface area contributed by atoms with Gasteiger partial charge in [0.25, 0.3) is 6.71 Å². The molecule has 3 heteroatoms. The fourth-order valence-corrected chi connectivity index (χ4v) is 6.68. The predicted molar refractivity (Wildman–Crippen MR) is 159 cm³/mol. The lowest BCUT2D eigenvalue weighted by Crippen LogP contribution is -2.62. The number of para-hydroxylation sites is 4. The standard InChI is InChI=1S/C34H29BN2/c1-22-13-11-19-28-31(22)36(26-15-7-5-8-16-26)33-24(3)21-25(4)34-30(33)35(28)29-20-12-14-23(2)32(29)37(34)27-17-9-6-10-18-27/h5-21H,1-4H3. The van der Waals surface area contributed by atoms with Crippen molar-refractivity contribution >= 4 is 57.2 Å². The van der Waals surface area contributed by atoms with Gasteiger partial charge in [0.05, 0.1) is 0 Å². The van der Waals surface area contributed by atoms with E-state index < -0.39 is 0 Å². The van der Waals surface area contributed by atoms with Crippen molar-refractivity contribution in [2.45, 2.75) is 27.7 Å². The monoisotopic (exact) mass is 476 g/mol. The van der Waals surface area contributed by atoms with E-state index in [0.29, 0.717) is 0 Å². The van der Waals surface area contributed by atoms with Gasteiger partial charge in [0.2, 0.25) is 0 Å². The molecule has 2 aliphatic rings. The number of hydrogen-bond acceptors (Lipinski definition) is 2. The zero-order chi connectivity index (χ0) is 25.3. The van der Waals surface area contributed by atoms with Crippen molar-refractivity contribution in [2.24, 2.45) is 0 Å². The summed E-state index contributed by atoms with van der Waals surface area (Å²) in [7, 11) is 0. The number of rotatable bonds is 2. The Kier molecular flexibility index (Phi) is 4.84. The first-order chi connectivity index (χ1) is 18.1. The van der Waals surface area contributed by atoms with Crippen LogP contribution in [0.25, 0.3) is 0 Å². The Morgan fingerprint density at radius 1 is 0.432 bits per heavy atom. The van der Waals surface area contributed by atoms with E-state index in [0.717, 1.165) is 0 Å². The molecule has 0 amide bonds. The number of fused-ring (bicyclic) bond motifs is 4. The highest BCUT2D eigenvalue weighted by Gasteiger charge is 2.45. The van der Waals surface area contributed by atoms with Crippen LogP contribution in [0.1, 0.15) is 22.3 Å². The minimum atomic E-state index is 0.174. The minimum absolute atomic E-state index is 0.174. The average molecular weight is 476 g/mol. The molecule has 5 aromatic carbocycles. The van der Waals surface area contributed by atoms with Crippen molar-refractivity contribution in [1.82, 2.24) is 0 Å². The Balaban J connectivity index is 1.67. The molecule has 2 aliphatic heterocycles. The summed E-state index contributed by atoms with van der Waals surface area (Å²) < 4.78 is 0. The molecule has 0 atom stereocenters. The van der Waals surface area contributed by atoms with Crippen LogP contribution in [0.2, 0.25) is 0 Å². The van der Waals surface area contributed by atoms with Crippen molar-refractivity contribution in [3.8, 4) is 0 Å². The Hall–Kier alpha value is -4.24. The van der Waals surface area contributed by atoms with Gasteiger partial charge in [0, 0.05) is 34.1 Å². The summed E-state index contributed by atoms with van der Waals surface area (Å²) >= 11 is 0.